The van der Waals surface area contributed by atoms with E-state index < -0.39 is 46.8 Å². The number of hydrogen-bond donors (Lipinski definition) is 2. The number of rotatable bonds is 10. The van der Waals surface area contributed by atoms with E-state index in [4.69, 9.17) is 19.0 Å². The molecular weight excluding hydrogens is 502 g/mol. The molecule has 0 spiro atoms. The Balaban J connectivity index is 1.53. The molecule has 218 valence electrons. The van der Waals surface area contributed by atoms with Crippen molar-refractivity contribution in [3.8, 4) is 0 Å². The van der Waals surface area contributed by atoms with Gasteiger partial charge in [-0.15, -0.1) is 0 Å². The van der Waals surface area contributed by atoms with E-state index in [1.54, 1.807) is 0 Å². The number of fused-ring (bicyclic) bond motifs is 2. The molecule has 0 aromatic rings. The SMILES string of the molecule is CCCON=C1[C@@H](O)[C@H](OCC23CC4C(C)CCC4C4(C=O)CC2C=C(C(C)C)C43C(=O)O)O[C@H](C)[C@H]1OC. The average Bonchev–Trinajstić information content (AvgIpc) is 3.47. The van der Waals surface area contributed by atoms with Crippen LogP contribution in [0.4, 0.5) is 0 Å². The number of carboxylic acid groups (broad SMARTS) is 1. The number of allylic oxidation sites excluding steroid dienone is 1. The van der Waals surface area contributed by atoms with Crippen LogP contribution in [0.3, 0.4) is 0 Å². The molecule has 0 amide bonds. The van der Waals surface area contributed by atoms with Gasteiger partial charge in [-0.2, -0.15) is 0 Å². The highest BCUT2D eigenvalue weighted by atomic mass is 16.7. The summed E-state index contributed by atoms with van der Waals surface area (Å²) >= 11 is 0. The molecule has 1 aliphatic heterocycles. The molecule has 1 heterocycles. The Hall–Kier alpha value is -1.81. The van der Waals surface area contributed by atoms with E-state index in [2.05, 4.69) is 18.2 Å². The second kappa shape index (κ2) is 10.2. The number of aldehydes is 1. The minimum Gasteiger partial charge on any atom is -0.481 e. The molecular formula is C30H45NO8. The molecule has 0 aromatic carbocycles. The Morgan fingerprint density at radius 1 is 1.28 bits per heavy atom. The third kappa shape index (κ3) is 3.68. The Labute approximate surface area is 231 Å². The summed E-state index contributed by atoms with van der Waals surface area (Å²) < 4.78 is 18.1. The number of ether oxygens (including phenoxy) is 3. The molecule has 4 aliphatic carbocycles. The summed E-state index contributed by atoms with van der Waals surface area (Å²) in [5.41, 5.74) is -1.96. The van der Waals surface area contributed by atoms with Crippen LogP contribution < -0.4 is 0 Å². The van der Waals surface area contributed by atoms with Gasteiger partial charge < -0.3 is 34.1 Å². The maximum Gasteiger partial charge on any atom is 0.315 e. The van der Waals surface area contributed by atoms with Crippen LogP contribution in [-0.4, -0.2) is 73.1 Å². The zero-order chi connectivity index (χ0) is 28.3. The Kier molecular flexibility index (Phi) is 7.53. The van der Waals surface area contributed by atoms with E-state index >= 15 is 0 Å². The van der Waals surface area contributed by atoms with Gasteiger partial charge in [-0.1, -0.05) is 50.9 Å². The molecule has 9 nitrogen and oxygen atoms in total. The number of aliphatic hydroxyl groups excluding tert-OH is 1. The zero-order valence-corrected chi connectivity index (χ0v) is 24.1. The fourth-order valence-electron chi connectivity index (χ4n) is 9.53. The largest absolute Gasteiger partial charge is 0.481 e. The van der Waals surface area contributed by atoms with Crippen molar-refractivity contribution < 1.29 is 38.9 Å². The lowest BCUT2D eigenvalue weighted by Gasteiger charge is -2.58. The molecule has 0 aromatic heterocycles. The molecule has 5 aliphatic rings. The first-order chi connectivity index (χ1) is 18.6. The van der Waals surface area contributed by atoms with E-state index in [9.17, 15) is 19.8 Å². The molecule has 1 saturated heterocycles. The number of aliphatic hydroxyl groups is 1. The van der Waals surface area contributed by atoms with Gasteiger partial charge in [-0.05, 0) is 62.2 Å². The zero-order valence-electron chi connectivity index (χ0n) is 24.1. The van der Waals surface area contributed by atoms with Crippen molar-refractivity contribution in [2.75, 3.05) is 20.3 Å². The maximum absolute atomic E-state index is 13.6. The predicted octanol–water partition coefficient (Wildman–Crippen LogP) is 3.83. The van der Waals surface area contributed by atoms with Gasteiger partial charge in [0.15, 0.2) is 6.29 Å². The second-order valence-corrected chi connectivity index (χ2v) is 13.0. The van der Waals surface area contributed by atoms with Gasteiger partial charge in [0.2, 0.25) is 0 Å². The standard InChI is InChI=1S/C30H45NO8/c1-7-10-38-31-23-24(33)26(39-18(5)25(23)36-6)37-15-29-13-20-17(4)8-9-21(20)28(14-32)12-19(29)11-22(16(2)3)30(28,29)27(34)35/h11,14,16-21,24-26,33H,7-10,12-13,15H2,1-6H3,(H,34,35)/t17?,18-,19?,20?,21?,24-,25-,26-,28?,29?,30?/m1/s1. The Morgan fingerprint density at radius 2 is 2.03 bits per heavy atom. The number of hydrogen-bond acceptors (Lipinski definition) is 8. The fourth-order valence-corrected chi connectivity index (χ4v) is 9.53. The van der Waals surface area contributed by atoms with Crippen molar-refractivity contribution in [1.82, 2.24) is 0 Å². The maximum atomic E-state index is 13.6. The van der Waals surface area contributed by atoms with Crippen LogP contribution >= 0.6 is 0 Å². The lowest BCUT2D eigenvalue weighted by Crippen LogP contribution is -2.64. The number of carbonyl (C=O) groups is 2. The normalized spacial score (nSPS) is 47.4. The average molecular weight is 548 g/mol. The summed E-state index contributed by atoms with van der Waals surface area (Å²) in [7, 11) is 1.53. The van der Waals surface area contributed by atoms with Crippen LogP contribution in [0.15, 0.2) is 16.8 Å². The van der Waals surface area contributed by atoms with E-state index in [0.717, 1.165) is 31.1 Å². The molecule has 4 bridgehead atoms. The Bertz CT molecular complexity index is 1040. The first-order valence-corrected chi connectivity index (χ1v) is 14.7. The molecule has 0 radical (unpaired) electrons. The number of methoxy groups -OCH3 is 1. The van der Waals surface area contributed by atoms with Crippen LogP contribution in [0.1, 0.15) is 66.7 Å². The minimum atomic E-state index is -1.34. The van der Waals surface area contributed by atoms with E-state index in [1.807, 2.05) is 27.7 Å². The van der Waals surface area contributed by atoms with Crippen molar-refractivity contribution in [3.63, 3.8) is 0 Å². The summed E-state index contributed by atoms with van der Waals surface area (Å²) in [5.74, 6) is -0.327. The summed E-state index contributed by atoms with van der Waals surface area (Å²) in [5, 5.41) is 26.6. The number of nitrogens with zero attached hydrogens (tertiary/aromatic N) is 1. The highest BCUT2D eigenvalue weighted by Gasteiger charge is 2.84. The summed E-state index contributed by atoms with van der Waals surface area (Å²) in [6.07, 6.45) is 3.63. The predicted molar refractivity (Wildman–Crippen MR) is 143 cm³/mol. The molecule has 7 unspecified atom stereocenters. The van der Waals surface area contributed by atoms with Gasteiger partial charge in [-0.25, -0.2) is 0 Å². The van der Waals surface area contributed by atoms with E-state index in [0.29, 0.717) is 31.1 Å². The smallest absolute Gasteiger partial charge is 0.315 e. The summed E-state index contributed by atoms with van der Waals surface area (Å²) in [4.78, 5) is 32.2. The van der Waals surface area contributed by atoms with Crippen LogP contribution in [0.5, 0.6) is 0 Å². The fraction of sp³-hybridized carbons (Fsp3) is 0.833. The number of aliphatic carboxylic acids is 1. The van der Waals surface area contributed by atoms with Crippen LogP contribution in [0.25, 0.3) is 0 Å². The number of carboxylic acids is 1. The molecule has 39 heavy (non-hydrogen) atoms. The van der Waals surface area contributed by atoms with Crippen molar-refractivity contribution in [3.05, 3.63) is 11.6 Å². The van der Waals surface area contributed by atoms with Gasteiger partial charge in [0.25, 0.3) is 0 Å². The highest BCUT2D eigenvalue weighted by molar-refractivity contribution is 5.94. The molecule has 2 N–H and O–H groups in total. The summed E-state index contributed by atoms with van der Waals surface area (Å²) in [6.45, 7) is 10.5. The van der Waals surface area contributed by atoms with Gasteiger partial charge in [-0.3, -0.25) is 4.79 Å². The van der Waals surface area contributed by atoms with Gasteiger partial charge in [0, 0.05) is 12.5 Å². The monoisotopic (exact) mass is 547 g/mol. The third-order valence-corrected chi connectivity index (χ3v) is 11.0. The van der Waals surface area contributed by atoms with E-state index in [-0.39, 0.29) is 30.3 Å². The Morgan fingerprint density at radius 3 is 2.64 bits per heavy atom. The lowest BCUT2D eigenvalue weighted by molar-refractivity contribution is -0.250. The van der Waals surface area contributed by atoms with Crippen LogP contribution in [0.2, 0.25) is 0 Å². The highest BCUT2D eigenvalue weighted by Crippen LogP contribution is 2.82. The first kappa shape index (κ1) is 28.7. The third-order valence-electron chi connectivity index (χ3n) is 11.0. The minimum absolute atomic E-state index is 0.0195. The van der Waals surface area contributed by atoms with Crippen LogP contribution in [-0.2, 0) is 28.6 Å². The second-order valence-electron chi connectivity index (χ2n) is 13.0. The first-order valence-electron chi connectivity index (χ1n) is 14.7. The molecule has 3 saturated carbocycles. The summed E-state index contributed by atoms with van der Waals surface area (Å²) in [6, 6.07) is 0. The molecule has 11 atom stereocenters. The quantitative estimate of drug-likeness (QED) is 0.183. The molecule has 5 rings (SSSR count). The topological polar surface area (TPSA) is 124 Å². The van der Waals surface area contributed by atoms with Crippen molar-refractivity contribution >= 4 is 18.0 Å². The molecule has 4 fully saturated rings. The number of carbonyl (C=O) groups excluding carboxylic acids is 1. The van der Waals surface area contributed by atoms with Gasteiger partial charge in [0.1, 0.15) is 36.2 Å². The number of oxime groups is 1. The van der Waals surface area contributed by atoms with Crippen molar-refractivity contribution in [1.29, 1.82) is 0 Å². The van der Waals surface area contributed by atoms with Crippen molar-refractivity contribution in [2.45, 2.75) is 91.3 Å². The molecule has 9 heteroatoms. The lowest BCUT2D eigenvalue weighted by atomic mass is 9.43. The van der Waals surface area contributed by atoms with Crippen molar-refractivity contribution in [2.24, 2.45) is 51.0 Å². The van der Waals surface area contributed by atoms with Gasteiger partial charge >= 0.3 is 5.97 Å². The van der Waals surface area contributed by atoms with Crippen LogP contribution in [0, 0.1) is 45.8 Å². The van der Waals surface area contributed by atoms with E-state index in [1.165, 1.54) is 7.11 Å². The van der Waals surface area contributed by atoms with Gasteiger partial charge in [0.05, 0.1) is 18.1 Å².